The molecule has 2 saturated carbocycles. The van der Waals surface area contributed by atoms with Gasteiger partial charge in [-0.05, 0) is 69.7 Å². The van der Waals surface area contributed by atoms with E-state index in [0.717, 1.165) is 12.8 Å². The number of nitrogens with zero attached hydrogens (tertiary/aromatic N) is 3. The molecule has 3 aliphatic rings. The number of aryl methyl sites for hydroxylation is 1. The molecule has 2 atom stereocenters. The molecule has 2 aliphatic carbocycles. The van der Waals surface area contributed by atoms with Crippen LogP contribution in [0.5, 0.6) is 11.5 Å². The number of methoxy groups -OCH3 is 1. The fourth-order valence-corrected chi connectivity index (χ4v) is 5.51. The van der Waals surface area contributed by atoms with Crippen LogP contribution in [0.2, 0.25) is 0 Å². The summed E-state index contributed by atoms with van der Waals surface area (Å²) in [4.78, 5) is 39.3. The van der Waals surface area contributed by atoms with E-state index in [1.54, 1.807) is 25.3 Å². The highest BCUT2D eigenvalue weighted by atomic mass is 19.1. The number of ether oxygens (including phenoxy) is 2. The Bertz CT molecular complexity index is 1700. The van der Waals surface area contributed by atoms with Crippen molar-refractivity contribution in [3.05, 3.63) is 64.4 Å². The lowest BCUT2D eigenvalue weighted by Crippen LogP contribution is -2.44. The summed E-state index contributed by atoms with van der Waals surface area (Å²) in [6.45, 7) is 2.90. The number of nitrogen functional groups attached to an aromatic ring is 1. The van der Waals surface area contributed by atoms with Crippen molar-refractivity contribution in [1.82, 2.24) is 15.3 Å². The molecule has 2 amide bonds. The summed E-state index contributed by atoms with van der Waals surface area (Å²) < 4.78 is 26.7. The summed E-state index contributed by atoms with van der Waals surface area (Å²) in [6.07, 6.45) is 6.51. The molecule has 0 unspecified atom stereocenters. The lowest BCUT2D eigenvalue weighted by atomic mass is 9.81. The molecule has 12 heteroatoms. The van der Waals surface area contributed by atoms with E-state index in [2.05, 4.69) is 15.3 Å². The van der Waals surface area contributed by atoms with Crippen LogP contribution >= 0.6 is 0 Å². The number of pyridine rings is 2. The maximum Gasteiger partial charge on any atom is 0.251 e. The van der Waals surface area contributed by atoms with Crippen molar-refractivity contribution in [2.24, 2.45) is 16.6 Å². The number of hydrogen-bond donors (Lipinski definition) is 4. The van der Waals surface area contributed by atoms with Gasteiger partial charge < -0.3 is 31.4 Å². The molecule has 3 heterocycles. The number of aliphatic hydroxyl groups is 1. The number of nitrogens with one attached hydrogen (secondary N) is 1. The predicted octanol–water partition coefficient (Wildman–Crippen LogP) is 2.93. The van der Waals surface area contributed by atoms with Gasteiger partial charge in [0, 0.05) is 34.7 Å². The molecular formula is C32H35FN6O5. The van der Waals surface area contributed by atoms with E-state index in [-0.39, 0.29) is 59.1 Å². The maximum atomic E-state index is 15.4. The zero-order valence-electron chi connectivity index (χ0n) is 24.8. The van der Waals surface area contributed by atoms with E-state index >= 15 is 4.39 Å². The molecule has 11 nitrogen and oxygen atoms in total. The van der Waals surface area contributed by atoms with Crippen LogP contribution in [-0.2, 0) is 15.8 Å². The molecular weight excluding hydrogens is 567 g/mol. The summed E-state index contributed by atoms with van der Waals surface area (Å²) in [7, 11) is 1.47. The molecule has 2 aromatic heterocycles. The number of hydrogen-bond acceptors (Lipinski definition) is 9. The van der Waals surface area contributed by atoms with Crippen molar-refractivity contribution in [2.45, 2.75) is 56.6 Å². The molecule has 0 saturated heterocycles. The van der Waals surface area contributed by atoms with Gasteiger partial charge in [0.05, 0.1) is 36.8 Å². The maximum absolute atomic E-state index is 15.4. The van der Waals surface area contributed by atoms with Gasteiger partial charge >= 0.3 is 0 Å². The zero-order chi connectivity index (χ0) is 31.4. The minimum Gasteiger partial charge on any atom is -0.495 e. The molecule has 3 aromatic rings. The largest absolute Gasteiger partial charge is 0.495 e. The standard InChI is InChI=1S/C32H35FN6O5/c1-16-25(33)21(8-9-36-16)27-28-22(31(2,15-44-28)30(35)41)12-24(39-27)32(42,19-4-5-19)14-38-29(40)17-10-18(13-37-20-6-7-20)26(34)23(11-17)43-3/h8-13,19-20,42H,4-7,14-15,34H2,1-3H3,(H2,35,41)(H,38,40)/t31-,32+/m0/s1. The van der Waals surface area contributed by atoms with Gasteiger partial charge in [-0.3, -0.25) is 19.6 Å². The SMILES string of the molecule is COc1cc(C(=O)NC[C@](O)(c2cc3c(c(-c4ccnc(C)c4F)n2)OC[C@]3(C)C(N)=O)C2CC2)cc(C=NC2CC2)c1N. The number of primary amides is 1. The van der Waals surface area contributed by atoms with Crippen molar-refractivity contribution >= 4 is 23.7 Å². The third-order valence-electron chi connectivity index (χ3n) is 8.78. The third kappa shape index (κ3) is 5.12. The van der Waals surface area contributed by atoms with E-state index in [9.17, 15) is 14.7 Å². The number of aliphatic imine (C=N–C) groups is 1. The first-order valence-corrected chi connectivity index (χ1v) is 14.6. The normalized spacial score (nSPS) is 20.6. The van der Waals surface area contributed by atoms with Crippen LogP contribution < -0.4 is 26.3 Å². The zero-order valence-corrected chi connectivity index (χ0v) is 24.8. The second-order valence-electron chi connectivity index (χ2n) is 12.0. The minimum atomic E-state index is -1.65. The first kappa shape index (κ1) is 29.5. The third-order valence-corrected chi connectivity index (χ3v) is 8.78. The number of amides is 2. The average Bonchev–Trinajstić information content (AvgIpc) is 3.94. The van der Waals surface area contributed by atoms with Crippen LogP contribution in [0.4, 0.5) is 10.1 Å². The van der Waals surface area contributed by atoms with E-state index < -0.39 is 28.6 Å². The molecule has 2 fully saturated rings. The number of anilines is 1. The quantitative estimate of drug-likeness (QED) is 0.202. The number of fused-ring (bicyclic) bond motifs is 1. The van der Waals surface area contributed by atoms with E-state index in [1.807, 2.05) is 0 Å². The molecule has 230 valence electrons. The Morgan fingerprint density at radius 2 is 2.05 bits per heavy atom. The number of carbonyl (C=O) groups excluding carboxylic acids is 2. The van der Waals surface area contributed by atoms with Gasteiger partial charge in [0.25, 0.3) is 5.91 Å². The summed E-state index contributed by atoms with van der Waals surface area (Å²) >= 11 is 0. The molecule has 6 rings (SSSR count). The first-order chi connectivity index (χ1) is 21.0. The monoisotopic (exact) mass is 602 g/mol. The van der Waals surface area contributed by atoms with Crippen molar-refractivity contribution < 1.29 is 28.6 Å². The first-order valence-electron chi connectivity index (χ1n) is 14.6. The Kier molecular flexibility index (Phi) is 7.27. The Morgan fingerprint density at radius 1 is 1.30 bits per heavy atom. The Hall–Kier alpha value is -4.58. The van der Waals surface area contributed by atoms with E-state index in [4.69, 9.17) is 25.9 Å². The molecule has 1 aromatic carbocycles. The minimum absolute atomic E-state index is 0.0641. The summed E-state index contributed by atoms with van der Waals surface area (Å²) in [5, 5.41) is 15.0. The molecule has 1 aliphatic heterocycles. The number of carbonyl (C=O) groups is 2. The molecule has 0 radical (unpaired) electrons. The molecule has 44 heavy (non-hydrogen) atoms. The van der Waals surface area contributed by atoms with Crippen LogP contribution in [-0.4, -0.2) is 59.4 Å². The number of aromatic nitrogens is 2. The molecule has 0 spiro atoms. The summed E-state index contributed by atoms with van der Waals surface area (Å²) in [5.74, 6) is -1.39. The van der Waals surface area contributed by atoms with Crippen molar-refractivity contribution in [3.8, 4) is 22.8 Å². The van der Waals surface area contributed by atoms with Crippen molar-refractivity contribution in [3.63, 3.8) is 0 Å². The lowest BCUT2D eigenvalue weighted by Gasteiger charge is -2.30. The summed E-state index contributed by atoms with van der Waals surface area (Å²) in [5.41, 5.74) is 11.3. The van der Waals surface area contributed by atoms with Gasteiger partial charge in [-0.1, -0.05) is 0 Å². The fraction of sp³-hybridized carbons (Fsp3) is 0.406. The molecule has 6 N–H and O–H groups in total. The van der Waals surface area contributed by atoms with E-state index in [0.29, 0.717) is 35.4 Å². The highest BCUT2D eigenvalue weighted by Gasteiger charge is 2.50. The highest BCUT2D eigenvalue weighted by Crippen LogP contribution is 2.50. The number of benzene rings is 1. The van der Waals surface area contributed by atoms with Crippen LogP contribution in [0.25, 0.3) is 11.3 Å². The Balaban J connectivity index is 1.38. The Labute approximate surface area is 253 Å². The second-order valence-corrected chi connectivity index (χ2v) is 12.0. The van der Waals surface area contributed by atoms with E-state index in [1.165, 1.54) is 32.4 Å². The average molecular weight is 603 g/mol. The van der Waals surface area contributed by atoms with Gasteiger partial charge in [-0.2, -0.15) is 0 Å². The topological polar surface area (TPSA) is 175 Å². The molecule has 0 bridgehead atoms. The summed E-state index contributed by atoms with van der Waals surface area (Å²) in [6, 6.07) is 6.49. The van der Waals surface area contributed by atoms with Gasteiger partial charge in [0.2, 0.25) is 5.91 Å². The van der Waals surface area contributed by atoms with Crippen molar-refractivity contribution in [2.75, 3.05) is 26.0 Å². The lowest BCUT2D eigenvalue weighted by molar-refractivity contribution is -0.123. The number of rotatable bonds is 10. The predicted molar refractivity (Wildman–Crippen MR) is 161 cm³/mol. The van der Waals surface area contributed by atoms with Crippen LogP contribution in [0.1, 0.15) is 65.5 Å². The van der Waals surface area contributed by atoms with Gasteiger partial charge in [-0.15, -0.1) is 0 Å². The van der Waals surface area contributed by atoms with Gasteiger partial charge in [0.1, 0.15) is 34.8 Å². The van der Waals surface area contributed by atoms with Crippen LogP contribution in [0.3, 0.4) is 0 Å². The number of halogens is 1. The number of nitrogens with two attached hydrogens (primary N) is 2. The highest BCUT2D eigenvalue weighted by molar-refractivity contribution is 5.99. The van der Waals surface area contributed by atoms with Crippen LogP contribution in [0.15, 0.2) is 35.5 Å². The van der Waals surface area contributed by atoms with Gasteiger partial charge in [0.15, 0.2) is 5.82 Å². The second kappa shape index (κ2) is 10.8. The van der Waals surface area contributed by atoms with Crippen LogP contribution in [0, 0.1) is 18.7 Å². The Morgan fingerprint density at radius 3 is 2.70 bits per heavy atom. The fourth-order valence-electron chi connectivity index (χ4n) is 5.51. The van der Waals surface area contributed by atoms with Crippen molar-refractivity contribution in [1.29, 1.82) is 0 Å². The van der Waals surface area contributed by atoms with Gasteiger partial charge in [-0.25, -0.2) is 9.37 Å². The smallest absolute Gasteiger partial charge is 0.251 e.